The summed E-state index contributed by atoms with van der Waals surface area (Å²) in [5.41, 5.74) is 1.05. The second kappa shape index (κ2) is 13.6. The first-order valence-electron chi connectivity index (χ1n) is 9.35. The fourth-order valence-electron chi connectivity index (χ4n) is 2.87. The van der Waals surface area contributed by atoms with Gasteiger partial charge in [0.05, 0.1) is 6.54 Å². The Morgan fingerprint density at radius 2 is 1.85 bits per heavy atom. The molecule has 5 nitrogen and oxygen atoms in total. The summed E-state index contributed by atoms with van der Waals surface area (Å²) in [6, 6.07) is 7.87. The van der Waals surface area contributed by atoms with Gasteiger partial charge < -0.3 is 20.4 Å². The quantitative estimate of drug-likeness (QED) is 0.253. The van der Waals surface area contributed by atoms with Crippen molar-refractivity contribution in [3.05, 3.63) is 34.9 Å². The van der Waals surface area contributed by atoms with Crippen molar-refractivity contribution in [1.82, 2.24) is 20.4 Å². The van der Waals surface area contributed by atoms with Crippen molar-refractivity contribution < 1.29 is 0 Å². The zero-order valence-electron chi connectivity index (χ0n) is 16.0. The van der Waals surface area contributed by atoms with E-state index < -0.39 is 0 Å². The smallest absolute Gasteiger partial charge is 0.191 e. The maximum absolute atomic E-state index is 6.20. The van der Waals surface area contributed by atoms with E-state index in [-0.39, 0.29) is 24.0 Å². The highest BCUT2D eigenvalue weighted by Gasteiger charge is 2.12. The number of unbranched alkanes of at least 4 members (excludes halogenated alkanes) is 1. The van der Waals surface area contributed by atoms with Crippen LogP contribution in [0.3, 0.4) is 0 Å². The molecule has 1 aromatic rings. The van der Waals surface area contributed by atoms with E-state index in [0.717, 1.165) is 36.1 Å². The number of halogens is 2. The van der Waals surface area contributed by atoms with Gasteiger partial charge in [-0.15, -0.1) is 24.0 Å². The maximum Gasteiger partial charge on any atom is 0.191 e. The summed E-state index contributed by atoms with van der Waals surface area (Å²) >= 11 is 6.20. The molecule has 0 spiro atoms. The van der Waals surface area contributed by atoms with Gasteiger partial charge in [-0.1, -0.05) is 29.8 Å². The monoisotopic (exact) mass is 493 g/mol. The van der Waals surface area contributed by atoms with E-state index in [2.05, 4.69) is 39.4 Å². The molecule has 0 unspecified atom stereocenters. The number of aliphatic imine (C=N–C) groups is 1. The van der Waals surface area contributed by atoms with Gasteiger partial charge in [0.2, 0.25) is 0 Å². The maximum atomic E-state index is 6.20. The van der Waals surface area contributed by atoms with E-state index in [0.29, 0.717) is 6.54 Å². The molecule has 7 heteroatoms. The lowest BCUT2D eigenvalue weighted by Gasteiger charge is -2.32. The van der Waals surface area contributed by atoms with Crippen molar-refractivity contribution >= 4 is 41.5 Å². The molecule has 2 N–H and O–H groups in total. The summed E-state index contributed by atoms with van der Waals surface area (Å²) in [6.07, 6.45) is 2.38. The number of likely N-dealkylation sites (N-methyl/N-ethyl adjacent to an activating group) is 1. The molecule has 148 valence electrons. The second-order valence-electron chi connectivity index (χ2n) is 6.57. The lowest BCUT2D eigenvalue weighted by molar-refractivity contribution is 0.152. The lowest BCUT2D eigenvalue weighted by atomic mass is 10.2. The number of hydrogen-bond acceptors (Lipinski definition) is 3. The third-order valence-electron chi connectivity index (χ3n) is 4.50. The molecule has 1 aliphatic rings. The van der Waals surface area contributed by atoms with Crippen LogP contribution in [-0.4, -0.2) is 68.6 Å². The average molecular weight is 494 g/mol. The fraction of sp³-hybridized carbons (Fsp3) is 0.632. The third-order valence-corrected chi connectivity index (χ3v) is 4.87. The Labute approximate surface area is 180 Å². The normalized spacial score (nSPS) is 16.2. The molecule has 0 saturated carbocycles. The van der Waals surface area contributed by atoms with Crippen LogP contribution >= 0.6 is 35.6 Å². The molecular formula is C19H33ClIN5. The first-order chi connectivity index (χ1) is 12.2. The second-order valence-corrected chi connectivity index (χ2v) is 6.97. The average Bonchev–Trinajstić information content (AvgIpc) is 2.62. The van der Waals surface area contributed by atoms with E-state index in [4.69, 9.17) is 11.6 Å². The van der Waals surface area contributed by atoms with Crippen molar-refractivity contribution in [2.24, 2.45) is 4.99 Å². The number of nitrogens with one attached hydrogen (secondary N) is 2. The summed E-state index contributed by atoms with van der Waals surface area (Å²) in [5, 5.41) is 7.49. The molecule has 26 heavy (non-hydrogen) atoms. The zero-order valence-corrected chi connectivity index (χ0v) is 19.1. The Bertz CT molecular complexity index is 532. The Kier molecular flexibility index (Phi) is 12.3. The Hall–Kier alpha value is -0.570. The van der Waals surface area contributed by atoms with Crippen molar-refractivity contribution in [2.75, 3.05) is 52.9 Å². The van der Waals surface area contributed by atoms with Gasteiger partial charge in [-0.05, 0) is 45.0 Å². The highest BCUT2D eigenvalue weighted by Crippen LogP contribution is 2.15. The van der Waals surface area contributed by atoms with Gasteiger partial charge >= 0.3 is 0 Å². The van der Waals surface area contributed by atoms with Crippen LogP contribution in [0.15, 0.2) is 29.3 Å². The molecule has 0 radical (unpaired) electrons. The van der Waals surface area contributed by atoms with Crippen LogP contribution in [0.4, 0.5) is 0 Å². The molecule has 1 aliphatic heterocycles. The first-order valence-corrected chi connectivity index (χ1v) is 9.73. The molecule has 1 saturated heterocycles. The predicted octanol–water partition coefficient (Wildman–Crippen LogP) is 3.04. The summed E-state index contributed by atoms with van der Waals surface area (Å²) < 4.78 is 0. The Balaban J connectivity index is 0.00000338. The minimum Gasteiger partial charge on any atom is -0.357 e. The van der Waals surface area contributed by atoms with Crippen LogP contribution in [0.5, 0.6) is 0 Å². The van der Waals surface area contributed by atoms with Crippen LogP contribution in [0.1, 0.15) is 25.3 Å². The van der Waals surface area contributed by atoms with Gasteiger partial charge in [-0.2, -0.15) is 0 Å². The largest absolute Gasteiger partial charge is 0.357 e. The minimum atomic E-state index is 0. The summed E-state index contributed by atoms with van der Waals surface area (Å²) in [7, 11) is 2.20. The van der Waals surface area contributed by atoms with Gasteiger partial charge in [0.1, 0.15) is 0 Å². The van der Waals surface area contributed by atoms with E-state index in [1.165, 1.54) is 39.1 Å². The number of nitrogens with zero attached hydrogens (tertiary/aromatic N) is 3. The molecule has 2 rings (SSSR count). The van der Waals surface area contributed by atoms with Crippen LogP contribution in [0.25, 0.3) is 0 Å². The molecule has 0 aromatic heterocycles. The van der Waals surface area contributed by atoms with Gasteiger partial charge in [-0.25, -0.2) is 4.99 Å². The molecule has 0 amide bonds. The van der Waals surface area contributed by atoms with Crippen LogP contribution in [-0.2, 0) is 6.54 Å². The Morgan fingerprint density at radius 3 is 2.54 bits per heavy atom. The SMILES string of the molecule is CCNC(=NCc1ccccc1Cl)NCCCCN1CCN(C)CC1.I. The van der Waals surface area contributed by atoms with Gasteiger partial charge in [0, 0.05) is 44.3 Å². The van der Waals surface area contributed by atoms with Crippen LogP contribution in [0, 0.1) is 0 Å². The molecule has 0 atom stereocenters. The topological polar surface area (TPSA) is 42.9 Å². The van der Waals surface area contributed by atoms with Crippen LogP contribution in [0.2, 0.25) is 5.02 Å². The molecule has 1 heterocycles. The highest BCUT2D eigenvalue weighted by molar-refractivity contribution is 14.0. The van der Waals surface area contributed by atoms with E-state index >= 15 is 0 Å². The van der Waals surface area contributed by atoms with Gasteiger partial charge in [0.15, 0.2) is 5.96 Å². The summed E-state index contributed by atoms with van der Waals surface area (Å²) in [5.74, 6) is 0.863. The molecule has 0 aliphatic carbocycles. The van der Waals surface area contributed by atoms with Gasteiger partial charge in [0.25, 0.3) is 0 Å². The number of guanidine groups is 1. The first kappa shape index (κ1) is 23.5. The van der Waals surface area contributed by atoms with Crippen molar-refractivity contribution in [3.63, 3.8) is 0 Å². The van der Waals surface area contributed by atoms with E-state index in [9.17, 15) is 0 Å². The zero-order chi connectivity index (χ0) is 17.9. The number of hydrogen-bond donors (Lipinski definition) is 2. The minimum absolute atomic E-state index is 0. The number of benzene rings is 1. The lowest BCUT2D eigenvalue weighted by Crippen LogP contribution is -2.44. The summed E-state index contributed by atoms with van der Waals surface area (Å²) in [4.78, 5) is 9.60. The predicted molar refractivity (Wildman–Crippen MR) is 123 cm³/mol. The van der Waals surface area contributed by atoms with Crippen LogP contribution < -0.4 is 10.6 Å². The molecule has 1 fully saturated rings. The third kappa shape index (κ3) is 8.88. The number of rotatable bonds is 8. The summed E-state index contributed by atoms with van der Waals surface area (Å²) in [6.45, 7) is 10.5. The van der Waals surface area contributed by atoms with Crippen molar-refractivity contribution in [2.45, 2.75) is 26.3 Å². The molecular weight excluding hydrogens is 461 g/mol. The Morgan fingerprint density at radius 1 is 1.12 bits per heavy atom. The van der Waals surface area contributed by atoms with Crippen molar-refractivity contribution in [1.29, 1.82) is 0 Å². The number of piperazine rings is 1. The standard InChI is InChI=1S/C19H32ClN5.HI/c1-3-21-19(23-16-17-8-4-5-9-18(17)20)22-10-6-7-11-25-14-12-24(2)13-15-25;/h4-5,8-9H,3,6-7,10-16H2,1-2H3,(H2,21,22,23);1H. The molecule has 1 aromatic carbocycles. The highest BCUT2D eigenvalue weighted by atomic mass is 127. The van der Waals surface area contributed by atoms with Gasteiger partial charge in [-0.3, -0.25) is 0 Å². The van der Waals surface area contributed by atoms with E-state index in [1.807, 2.05) is 24.3 Å². The fourth-order valence-corrected chi connectivity index (χ4v) is 3.07. The molecule has 0 bridgehead atoms. The van der Waals surface area contributed by atoms with E-state index in [1.54, 1.807) is 0 Å². The van der Waals surface area contributed by atoms with Crippen molar-refractivity contribution in [3.8, 4) is 0 Å².